The molecular formula is C12H19NO2. The van der Waals surface area contributed by atoms with E-state index in [1.165, 1.54) is 0 Å². The molecule has 0 aromatic carbocycles. The number of ether oxygens (including phenoxy) is 1. The molecule has 1 amide bonds. The van der Waals surface area contributed by atoms with Crippen LogP contribution in [-0.4, -0.2) is 24.0 Å². The largest absolute Gasteiger partial charge is 0.496 e. The summed E-state index contributed by atoms with van der Waals surface area (Å²) < 4.78 is 5.23. The number of carbonyl (C=O) groups is 1. The lowest BCUT2D eigenvalue weighted by Gasteiger charge is -2.07. The van der Waals surface area contributed by atoms with Gasteiger partial charge >= 0.3 is 0 Å². The van der Waals surface area contributed by atoms with Crippen LogP contribution in [0.5, 0.6) is 0 Å². The molecule has 1 fully saturated rings. The number of amides is 1. The molecule has 0 saturated carbocycles. The van der Waals surface area contributed by atoms with Crippen LogP contribution >= 0.6 is 0 Å². The first-order valence-corrected chi connectivity index (χ1v) is 5.57. The molecule has 0 unspecified atom stereocenters. The molecule has 1 heterocycles. The normalized spacial score (nSPS) is 17.1. The highest BCUT2D eigenvalue weighted by molar-refractivity contribution is 5.79. The molecule has 3 heteroatoms. The van der Waals surface area contributed by atoms with Crippen LogP contribution in [0.25, 0.3) is 0 Å². The second-order valence-corrected chi connectivity index (χ2v) is 3.57. The number of nitrogens with zero attached hydrogens (tertiary/aromatic N) is 1. The zero-order chi connectivity index (χ0) is 10.9. The first-order chi connectivity index (χ1) is 7.34. The predicted octanol–water partition coefficient (Wildman–Crippen LogP) is 2.45. The van der Waals surface area contributed by atoms with E-state index in [-0.39, 0.29) is 5.91 Å². The summed E-state index contributed by atoms with van der Waals surface area (Å²) in [6.45, 7) is 3.55. The molecule has 1 rings (SSSR count). The van der Waals surface area contributed by atoms with Crippen LogP contribution in [0, 0.1) is 0 Å². The topological polar surface area (TPSA) is 29.5 Å². The molecule has 0 bridgehead atoms. The van der Waals surface area contributed by atoms with Crippen molar-refractivity contribution >= 4 is 5.91 Å². The highest BCUT2D eigenvalue weighted by Crippen LogP contribution is 2.09. The van der Waals surface area contributed by atoms with Gasteiger partial charge in [0.1, 0.15) is 6.61 Å². The molecule has 0 atom stereocenters. The molecule has 0 N–H and O–H groups in total. The van der Waals surface area contributed by atoms with Gasteiger partial charge in [0.2, 0.25) is 5.91 Å². The molecule has 84 valence electrons. The minimum absolute atomic E-state index is 0.191. The van der Waals surface area contributed by atoms with E-state index in [4.69, 9.17) is 4.74 Å². The zero-order valence-corrected chi connectivity index (χ0v) is 9.32. The van der Waals surface area contributed by atoms with Gasteiger partial charge in [-0.1, -0.05) is 25.5 Å². The third-order valence-electron chi connectivity index (χ3n) is 2.26. The van der Waals surface area contributed by atoms with E-state index < -0.39 is 0 Å². The first kappa shape index (κ1) is 11.8. The van der Waals surface area contributed by atoms with Gasteiger partial charge < -0.3 is 9.64 Å². The number of allylic oxidation sites excluding steroid dienone is 1. The summed E-state index contributed by atoms with van der Waals surface area (Å²) in [6.07, 6.45) is 11.3. The van der Waals surface area contributed by atoms with E-state index in [0.29, 0.717) is 13.0 Å². The Morgan fingerprint density at radius 2 is 2.33 bits per heavy atom. The fraction of sp³-hybridized carbons (Fsp3) is 0.583. The van der Waals surface area contributed by atoms with Crippen LogP contribution in [0.1, 0.15) is 32.6 Å². The van der Waals surface area contributed by atoms with Crippen LogP contribution in [0.2, 0.25) is 0 Å². The van der Waals surface area contributed by atoms with Crippen molar-refractivity contribution in [1.82, 2.24) is 4.90 Å². The number of unbranched alkanes of at least 4 members (excludes halogenated alkanes) is 1. The van der Waals surface area contributed by atoms with Crippen molar-refractivity contribution in [3.05, 3.63) is 24.6 Å². The predicted molar refractivity (Wildman–Crippen MR) is 60.1 cm³/mol. The molecule has 0 aliphatic carbocycles. The molecule has 0 aromatic heterocycles. The van der Waals surface area contributed by atoms with Crippen molar-refractivity contribution in [2.45, 2.75) is 32.6 Å². The first-order valence-electron chi connectivity index (χ1n) is 5.57. The maximum absolute atomic E-state index is 11.2. The number of likely N-dealkylation sites (tertiary alicyclic amines) is 1. The van der Waals surface area contributed by atoms with Crippen molar-refractivity contribution in [3.8, 4) is 0 Å². The summed E-state index contributed by atoms with van der Waals surface area (Å²) in [4.78, 5) is 12.9. The summed E-state index contributed by atoms with van der Waals surface area (Å²) in [7, 11) is 0. The molecule has 1 aliphatic heterocycles. The van der Waals surface area contributed by atoms with E-state index in [1.807, 2.05) is 6.08 Å². The molecule has 0 radical (unpaired) electrons. The Hall–Kier alpha value is -1.25. The maximum atomic E-state index is 11.2. The summed E-state index contributed by atoms with van der Waals surface area (Å²) in [6, 6.07) is 0. The minimum atomic E-state index is 0.191. The molecule has 0 spiro atoms. The van der Waals surface area contributed by atoms with Crippen LogP contribution < -0.4 is 0 Å². The highest BCUT2D eigenvalue weighted by atomic mass is 16.5. The van der Waals surface area contributed by atoms with E-state index in [0.717, 1.165) is 25.8 Å². The van der Waals surface area contributed by atoms with Gasteiger partial charge in [0, 0.05) is 19.2 Å². The number of hydrogen-bond donors (Lipinski definition) is 0. The Bertz CT molecular complexity index is 246. The van der Waals surface area contributed by atoms with Gasteiger partial charge in [0.15, 0.2) is 0 Å². The smallest absolute Gasteiger partial charge is 0.226 e. The fourth-order valence-corrected chi connectivity index (χ4v) is 1.41. The third-order valence-corrected chi connectivity index (χ3v) is 2.26. The van der Waals surface area contributed by atoms with Crippen molar-refractivity contribution in [2.24, 2.45) is 0 Å². The Kier molecular flexibility index (Phi) is 5.59. The Balaban J connectivity index is 2.08. The van der Waals surface area contributed by atoms with Crippen molar-refractivity contribution in [1.29, 1.82) is 0 Å². The molecule has 3 nitrogen and oxygen atoms in total. The van der Waals surface area contributed by atoms with Gasteiger partial charge in [-0.3, -0.25) is 4.79 Å². The van der Waals surface area contributed by atoms with E-state index >= 15 is 0 Å². The molecule has 0 aromatic rings. The van der Waals surface area contributed by atoms with Crippen LogP contribution in [0.4, 0.5) is 0 Å². The average Bonchev–Trinajstić information content (AvgIpc) is 2.63. The van der Waals surface area contributed by atoms with Crippen molar-refractivity contribution in [3.63, 3.8) is 0 Å². The lowest BCUT2D eigenvalue weighted by Crippen LogP contribution is -2.17. The highest BCUT2D eigenvalue weighted by Gasteiger charge is 2.16. The van der Waals surface area contributed by atoms with Crippen LogP contribution in [-0.2, 0) is 9.53 Å². The van der Waals surface area contributed by atoms with E-state index in [2.05, 4.69) is 13.0 Å². The second kappa shape index (κ2) is 7.10. The van der Waals surface area contributed by atoms with Gasteiger partial charge in [0.05, 0.1) is 6.26 Å². The van der Waals surface area contributed by atoms with Gasteiger partial charge in [-0.15, -0.1) is 0 Å². The van der Waals surface area contributed by atoms with Crippen LogP contribution in [0.15, 0.2) is 24.6 Å². The summed E-state index contributed by atoms with van der Waals surface area (Å²) in [5, 5.41) is 0. The third kappa shape index (κ3) is 4.68. The lowest BCUT2D eigenvalue weighted by atomic mass is 10.3. The number of rotatable bonds is 6. The summed E-state index contributed by atoms with van der Waals surface area (Å²) in [5.41, 5.74) is 0. The van der Waals surface area contributed by atoms with Crippen LogP contribution in [0.3, 0.4) is 0 Å². The monoisotopic (exact) mass is 209 g/mol. The van der Waals surface area contributed by atoms with Gasteiger partial charge in [-0.2, -0.15) is 0 Å². The number of hydrogen-bond acceptors (Lipinski definition) is 2. The van der Waals surface area contributed by atoms with Crippen molar-refractivity contribution in [2.75, 3.05) is 13.2 Å². The minimum Gasteiger partial charge on any atom is -0.496 e. The lowest BCUT2D eigenvalue weighted by molar-refractivity contribution is -0.125. The van der Waals surface area contributed by atoms with Gasteiger partial charge in [0.25, 0.3) is 0 Å². The van der Waals surface area contributed by atoms with Gasteiger partial charge in [-0.05, 0) is 12.8 Å². The second-order valence-electron chi connectivity index (χ2n) is 3.57. The SMILES string of the molecule is CCC/C=C/CO/C=C/N1CCCC1=O. The molecular weight excluding hydrogens is 190 g/mol. The quantitative estimate of drug-likeness (QED) is 0.382. The number of carbonyl (C=O) groups excluding carboxylic acids is 1. The maximum Gasteiger partial charge on any atom is 0.226 e. The zero-order valence-electron chi connectivity index (χ0n) is 9.32. The fourth-order valence-electron chi connectivity index (χ4n) is 1.41. The standard InChI is InChI=1S/C12H19NO2/c1-2-3-4-5-10-15-11-9-13-8-6-7-12(13)14/h4-5,9,11H,2-3,6-8,10H2,1H3/b5-4+,11-9+. The summed E-state index contributed by atoms with van der Waals surface area (Å²) in [5.74, 6) is 0.191. The average molecular weight is 209 g/mol. The Morgan fingerprint density at radius 3 is 3.00 bits per heavy atom. The van der Waals surface area contributed by atoms with Crippen molar-refractivity contribution < 1.29 is 9.53 Å². The molecule has 1 saturated heterocycles. The Labute approximate surface area is 91.4 Å². The van der Waals surface area contributed by atoms with E-state index in [9.17, 15) is 4.79 Å². The molecule has 1 aliphatic rings. The molecule has 15 heavy (non-hydrogen) atoms. The van der Waals surface area contributed by atoms with Gasteiger partial charge in [-0.25, -0.2) is 0 Å². The summed E-state index contributed by atoms with van der Waals surface area (Å²) >= 11 is 0. The van der Waals surface area contributed by atoms with E-state index in [1.54, 1.807) is 17.4 Å². The Morgan fingerprint density at radius 1 is 1.47 bits per heavy atom.